The fraction of sp³-hybridized carbons (Fsp3) is 0.190. The van der Waals surface area contributed by atoms with Gasteiger partial charge in [0, 0.05) is 6.20 Å². The minimum Gasteiger partial charge on any atom is -0.356 e. The standard InChI is InChI=1S/C21H19Cl2FN6O/c1-3-6-17(28-20-13(22)11-18(23)29-30-20)21(31)26-12(2)15-9-8-14(24)19(27-15)16-7-4-5-10-25-16/h4-5,7-11,17H,2-3,6H2,1H3,(H,26,31)(H,28,30). The average molecular weight is 461 g/mol. The number of aromatic nitrogens is 4. The topological polar surface area (TPSA) is 92.7 Å². The second kappa shape index (κ2) is 10.3. The summed E-state index contributed by atoms with van der Waals surface area (Å²) in [5.41, 5.74) is 0.982. The van der Waals surface area contributed by atoms with Crippen molar-refractivity contribution in [1.29, 1.82) is 0 Å². The van der Waals surface area contributed by atoms with Gasteiger partial charge in [0.1, 0.15) is 11.7 Å². The first-order valence-electron chi connectivity index (χ1n) is 9.42. The molecule has 1 unspecified atom stereocenters. The first-order chi connectivity index (χ1) is 14.9. The minimum absolute atomic E-state index is 0.0694. The quantitative estimate of drug-likeness (QED) is 0.503. The molecule has 0 radical (unpaired) electrons. The lowest BCUT2D eigenvalue weighted by Crippen LogP contribution is -2.39. The van der Waals surface area contributed by atoms with E-state index in [0.29, 0.717) is 17.8 Å². The van der Waals surface area contributed by atoms with Crippen LogP contribution >= 0.6 is 23.2 Å². The SMILES string of the molecule is C=C(NC(=O)C(CCC)Nc1nnc(Cl)cc1Cl)c1ccc(F)c(-c2ccccn2)n1. The van der Waals surface area contributed by atoms with Gasteiger partial charge in [-0.15, -0.1) is 10.2 Å². The van der Waals surface area contributed by atoms with Crippen LogP contribution in [0.5, 0.6) is 0 Å². The molecule has 1 amide bonds. The molecule has 0 saturated heterocycles. The Bertz CT molecular complexity index is 1100. The van der Waals surface area contributed by atoms with Crippen LogP contribution in [0, 0.1) is 5.82 Å². The van der Waals surface area contributed by atoms with Crippen molar-refractivity contribution in [3.63, 3.8) is 0 Å². The first-order valence-corrected chi connectivity index (χ1v) is 10.2. The summed E-state index contributed by atoms with van der Waals surface area (Å²) in [5, 5.41) is 13.7. The zero-order valence-electron chi connectivity index (χ0n) is 16.6. The molecule has 0 aliphatic rings. The third-order valence-electron chi connectivity index (χ3n) is 4.26. The Labute approximate surface area is 188 Å². The van der Waals surface area contributed by atoms with Crippen LogP contribution < -0.4 is 10.6 Å². The molecule has 1 atom stereocenters. The highest BCUT2D eigenvalue weighted by Gasteiger charge is 2.21. The molecule has 3 aromatic rings. The highest BCUT2D eigenvalue weighted by Crippen LogP contribution is 2.23. The van der Waals surface area contributed by atoms with E-state index in [1.54, 1.807) is 24.4 Å². The number of rotatable bonds is 8. The molecular weight excluding hydrogens is 442 g/mol. The highest BCUT2D eigenvalue weighted by atomic mass is 35.5. The fourth-order valence-electron chi connectivity index (χ4n) is 2.76. The zero-order chi connectivity index (χ0) is 22.4. The summed E-state index contributed by atoms with van der Waals surface area (Å²) >= 11 is 11.9. The van der Waals surface area contributed by atoms with Crippen molar-refractivity contribution in [2.75, 3.05) is 5.32 Å². The Morgan fingerprint density at radius 3 is 2.71 bits per heavy atom. The van der Waals surface area contributed by atoms with Crippen molar-refractivity contribution in [3.05, 3.63) is 70.9 Å². The lowest BCUT2D eigenvalue weighted by Gasteiger charge is -2.19. The lowest BCUT2D eigenvalue weighted by atomic mass is 10.1. The number of hydrogen-bond donors (Lipinski definition) is 2. The molecule has 0 aromatic carbocycles. The van der Waals surface area contributed by atoms with Gasteiger partial charge in [-0.05, 0) is 36.8 Å². The Morgan fingerprint density at radius 2 is 2.03 bits per heavy atom. The van der Waals surface area contributed by atoms with Crippen LogP contribution in [0.25, 0.3) is 17.1 Å². The third kappa shape index (κ3) is 5.74. The molecular formula is C21H19Cl2FN6O. The average Bonchev–Trinajstić information content (AvgIpc) is 2.76. The van der Waals surface area contributed by atoms with E-state index in [9.17, 15) is 9.18 Å². The molecule has 0 aliphatic heterocycles. The van der Waals surface area contributed by atoms with Crippen molar-refractivity contribution >= 4 is 40.6 Å². The maximum atomic E-state index is 14.3. The lowest BCUT2D eigenvalue weighted by molar-refractivity contribution is -0.120. The van der Waals surface area contributed by atoms with Crippen molar-refractivity contribution < 1.29 is 9.18 Å². The Morgan fingerprint density at radius 1 is 1.23 bits per heavy atom. The molecule has 3 heterocycles. The Balaban J connectivity index is 1.77. The largest absolute Gasteiger partial charge is 0.356 e. The number of carbonyl (C=O) groups excluding carboxylic acids is 1. The second-order valence-corrected chi connectivity index (χ2v) is 7.35. The summed E-state index contributed by atoms with van der Waals surface area (Å²) in [6.45, 7) is 5.81. The summed E-state index contributed by atoms with van der Waals surface area (Å²) in [6.07, 6.45) is 2.76. The molecule has 2 N–H and O–H groups in total. The monoisotopic (exact) mass is 460 g/mol. The minimum atomic E-state index is -0.662. The Hall–Kier alpha value is -3.10. The second-order valence-electron chi connectivity index (χ2n) is 6.56. The van der Waals surface area contributed by atoms with Crippen LogP contribution in [0.3, 0.4) is 0 Å². The van der Waals surface area contributed by atoms with E-state index in [4.69, 9.17) is 23.2 Å². The van der Waals surface area contributed by atoms with Gasteiger partial charge in [-0.1, -0.05) is 49.2 Å². The van der Waals surface area contributed by atoms with Crippen LogP contribution in [0.2, 0.25) is 10.2 Å². The number of anilines is 1. The number of halogens is 3. The van der Waals surface area contributed by atoms with Gasteiger partial charge in [0.25, 0.3) is 0 Å². The van der Waals surface area contributed by atoms with Gasteiger partial charge in [0.15, 0.2) is 16.8 Å². The summed E-state index contributed by atoms with van der Waals surface area (Å²) in [4.78, 5) is 21.3. The molecule has 3 aromatic heterocycles. The predicted octanol–water partition coefficient (Wildman–Crippen LogP) is 4.75. The molecule has 0 saturated carbocycles. The van der Waals surface area contributed by atoms with Crippen molar-refractivity contribution in [1.82, 2.24) is 25.5 Å². The predicted molar refractivity (Wildman–Crippen MR) is 119 cm³/mol. The van der Waals surface area contributed by atoms with Gasteiger partial charge in [-0.2, -0.15) is 0 Å². The molecule has 7 nitrogen and oxygen atoms in total. The maximum Gasteiger partial charge on any atom is 0.246 e. The van der Waals surface area contributed by atoms with Crippen molar-refractivity contribution in [2.45, 2.75) is 25.8 Å². The molecule has 0 bridgehead atoms. The summed E-state index contributed by atoms with van der Waals surface area (Å²) in [5.74, 6) is -0.657. The van der Waals surface area contributed by atoms with E-state index in [1.807, 2.05) is 6.92 Å². The van der Waals surface area contributed by atoms with Crippen LogP contribution in [0.4, 0.5) is 10.2 Å². The normalized spacial score (nSPS) is 11.6. The number of pyridine rings is 2. The molecule has 0 aliphatic carbocycles. The number of hydrogen-bond acceptors (Lipinski definition) is 6. The van der Waals surface area contributed by atoms with E-state index in [0.717, 1.165) is 6.42 Å². The van der Waals surface area contributed by atoms with E-state index in [-0.39, 0.29) is 33.3 Å². The van der Waals surface area contributed by atoms with Gasteiger partial charge in [-0.3, -0.25) is 9.78 Å². The zero-order valence-corrected chi connectivity index (χ0v) is 18.1. The van der Waals surface area contributed by atoms with Crippen molar-refractivity contribution in [3.8, 4) is 11.4 Å². The van der Waals surface area contributed by atoms with Gasteiger partial charge < -0.3 is 10.6 Å². The van der Waals surface area contributed by atoms with Crippen LogP contribution in [-0.2, 0) is 4.79 Å². The van der Waals surface area contributed by atoms with Crippen LogP contribution in [0.1, 0.15) is 25.5 Å². The van der Waals surface area contributed by atoms with Gasteiger partial charge in [0.05, 0.1) is 22.1 Å². The molecule has 3 rings (SSSR count). The first kappa shape index (κ1) is 22.6. The number of amides is 1. The van der Waals surface area contributed by atoms with E-state index >= 15 is 0 Å². The van der Waals surface area contributed by atoms with E-state index in [1.165, 1.54) is 18.2 Å². The van der Waals surface area contributed by atoms with E-state index < -0.39 is 11.9 Å². The summed E-state index contributed by atoms with van der Waals surface area (Å²) in [7, 11) is 0. The highest BCUT2D eigenvalue weighted by molar-refractivity contribution is 6.35. The summed E-state index contributed by atoms with van der Waals surface area (Å²) in [6, 6.07) is 8.57. The molecule has 0 fully saturated rings. The smallest absolute Gasteiger partial charge is 0.246 e. The molecule has 0 spiro atoms. The fourth-order valence-corrected chi connectivity index (χ4v) is 3.16. The van der Waals surface area contributed by atoms with Gasteiger partial charge in [0.2, 0.25) is 5.91 Å². The van der Waals surface area contributed by atoms with Crippen LogP contribution in [0.15, 0.2) is 49.2 Å². The molecule has 10 heteroatoms. The van der Waals surface area contributed by atoms with Gasteiger partial charge >= 0.3 is 0 Å². The van der Waals surface area contributed by atoms with Gasteiger partial charge in [-0.25, -0.2) is 9.37 Å². The van der Waals surface area contributed by atoms with Crippen molar-refractivity contribution in [2.24, 2.45) is 0 Å². The number of nitrogens with one attached hydrogen (secondary N) is 2. The van der Waals surface area contributed by atoms with Crippen LogP contribution in [-0.4, -0.2) is 32.1 Å². The summed E-state index contributed by atoms with van der Waals surface area (Å²) < 4.78 is 14.3. The number of carbonyl (C=O) groups is 1. The Kier molecular flexibility index (Phi) is 7.49. The molecule has 160 valence electrons. The maximum absolute atomic E-state index is 14.3. The van der Waals surface area contributed by atoms with E-state index in [2.05, 4.69) is 37.4 Å². The third-order valence-corrected chi connectivity index (χ3v) is 4.73. The number of nitrogens with zero attached hydrogens (tertiary/aromatic N) is 4. The molecule has 31 heavy (non-hydrogen) atoms.